The molecule has 1 aromatic carbocycles. The lowest BCUT2D eigenvalue weighted by atomic mass is 9.99. The van der Waals surface area contributed by atoms with Crippen molar-refractivity contribution >= 4 is 21.4 Å². The van der Waals surface area contributed by atoms with Gasteiger partial charge in [-0.15, -0.1) is 0 Å². The number of aryl methyl sites for hydroxylation is 2. The maximum absolute atomic E-state index is 12.5. The monoisotopic (exact) mass is 349 g/mol. The van der Waals surface area contributed by atoms with Gasteiger partial charge >= 0.3 is 0 Å². The van der Waals surface area contributed by atoms with Gasteiger partial charge in [0.2, 0.25) is 0 Å². The van der Waals surface area contributed by atoms with Crippen LogP contribution in [0.2, 0.25) is 0 Å². The Hall–Kier alpha value is -2.02. The standard InChI is InChI=1S/C17H23N3O3S/c1-12-8-10-20(11-9-12)16-6-4-15(5-7-16)19-24(21,22)17-13(2)18-23-14(17)3/h4-7,12,19H,8-11H2,1-3H3. The van der Waals surface area contributed by atoms with Gasteiger partial charge in [0.15, 0.2) is 10.7 Å². The van der Waals surface area contributed by atoms with Crippen LogP contribution >= 0.6 is 0 Å². The molecule has 0 aliphatic carbocycles. The van der Waals surface area contributed by atoms with Gasteiger partial charge in [-0.3, -0.25) is 4.72 Å². The summed E-state index contributed by atoms with van der Waals surface area (Å²) < 4.78 is 32.6. The van der Waals surface area contributed by atoms with Crippen molar-refractivity contribution in [1.82, 2.24) is 5.16 Å². The normalized spacial score (nSPS) is 16.4. The number of aromatic nitrogens is 1. The molecule has 2 aromatic rings. The average Bonchev–Trinajstić information content (AvgIpc) is 2.88. The number of anilines is 2. The van der Waals surface area contributed by atoms with Gasteiger partial charge in [-0.2, -0.15) is 0 Å². The Bertz CT molecular complexity index is 785. The van der Waals surface area contributed by atoms with Gasteiger partial charge in [0.1, 0.15) is 5.69 Å². The first-order valence-electron chi connectivity index (χ1n) is 8.17. The largest absolute Gasteiger partial charge is 0.372 e. The first-order chi connectivity index (χ1) is 11.4. The molecule has 1 aliphatic heterocycles. The van der Waals surface area contributed by atoms with E-state index in [0.29, 0.717) is 17.1 Å². The third kappa shape index (κ3) is 3.40. The van der Waals surface area contributed by atoms with Crippen molar-refractivity contribution in [2.45, 2.75) is 38.5 Å². The minimum Gasteiger partial charge on any atom is -0.372 e. The number of hydrogen-bond donors (Lipinski definition) is 1. The number of nitrogens with zero attached hydrogens (tertiary/aromatic N) is 2. The zero-order valence-corrected chi connectivity index (χ0v) is 15.1. The van der Waals surface area contributed by atoms with Crippen LogP contribution in [-0.2, 0) is 10.0 Å². The van der Waals surface area contributed by atoms with Crippen molar-refractivity contribution in [3.63, 3.8) is 0 Å². The van der Waals surface area contributed by atoms with Crippen molar-refractivity contribution in [3.8, 4) is 0 Å². The van der Waals surface area contributed by atoms with E-state index in [1.54, 1.807) is 26.0 Å². The Kier molecular flexibility index (Phi) is 4.54. The molecule has 6 nitrogen and oxygen atoms in total. The van der Waals surface area contributed by atoms with Gasteiger partial charge in [-0.25, -0.2) is 8.42 Å². The average molecular weight is 349 g/mol. The van der Waals surface area contributed by atoms with Gasteiger partial charge in [0.05, 0.1) is 0 Å². The van der Waals surface area contributed by atoms with Crippen LogP contribution in [-0.4, -0.2) is 26.7 Å². The first-order valence-corrected chi connectivity index (χ1v) is 9.66. The molecule has 0 unspecified atom stereocenters. The number of nitrogens with one attached hydrogen (secondary N) is 1. The topological polar surface area (TPSA) is 75.4 Å². The maximum Gasteiger partial charge on any atom is 0.267 e. The molecule has 1 aliphatic rings. The lowest BCUT2D eigenvalue weighted by Crippen LogP contribution is -2.32. The summed E-state index contributed by atoms with van der Waals surface area (Å²) in [6.45, 7) is 7.58. The summed E-state index contributed by atoms with van der Waals surface area (Å²) in [4.78, 5) is 2.45. The Labute approximate surface area is 142 Å². The van der Waals surface area contributed by atoms with Crippen molar-refractivity contribution in [2.24, 2.45) is 5.92 Å². The van der Waals surface area contributed by atoms with Crippen LogP contribution in [0.1, 0.15) is 31.2 Å². The van der Waals surface area contributed by atoms with Crippen LogP contribution in [0, 0.1) is 19.8 Å². The molecule has 3 rings (SSSR count). The summed E-state index contributed by atoms with van der Waals surface area (Å²) in [6.07, 6.45) is 2.39. The van der Waals surface area contributed by atoms with Crippen molar-refractivity contribution < 1.29 is 12.9 Å². The second kappa shape index (κ2) is 6.47. The zero-order valence-electron chi connectivity index (χ0n) is 14.2. The summed E-state index contributed by atoms with van der Waals surface area (Å²) in [5.74, 6) is 1.07. The predicted molar refractivity (Wildman–Crippen MR) is 93.8 cm³/mol. The molecule has 2 heterocycles. The van der Waals surface area contributed by atoms with Crippen molar-refractivity contribution in [1.29, 1.82) is 0 Å². The highest BCUT2D eigenvalue weighted by atomic mass is 32.2. The number of hydrogen-bond acceptors (Lipinski definition) is 5. The molecule has 1 aromatic heterocycles. The zero-order chi connectivity index (χ0) is 17.3. The molecule has 0 atom stereocenters. The number of rotatable bonds is 4. The van der Waals surface area contributed by atoms with Gasteiger partial charge in [0.25, 0.3) is 10.0 Å². The van der Waals surface area contributed by atoms with Gasteiger partial charge in [-0.1, -0.05) is 12.1 Å². The van der Waals surface area contributed by atoms with Crippen LogP contribution in [0.3, 0.4) is 0 Å². The molecule has 0 saturated carbocycles. The van der Waals surface area contributed by atoms with E-state index in [9.17, 15) is 8.42 Å². The highest BCUT2D eigenvalue weighted by Gasteiger charge is 2.24. The highest BCUT2D eigenvalue weighted by molar-refractivity contribution is 7.92. The van der Waals surface area contributed by atoms with E-state index in [0.717, 1.165) is 24.7 Å². The first kappa shape index (κ1) is 16.8. The molecule has 0 bridgehead atoms. The fourth-order valence-corrected chi connectivity index (χ4v) is 4.46. The quantitative estimate of drug-likeness (QED) is 0.916. The molecule has 1 fully saturated rings. The lowest BCUT2D eigenvalue weighted by Gasteiger charge is -2.32. The van der Waals surface area contributed by atoms with Crippen LogP contribution < -0.4 is 9.62 Å². The SMILES string of the molecule is Cc1noc(C)c1S(=O)(=O)Nc1ccc(N2CCC(C)CC2)cc1. The molecule has 0 spiro atoms. The van der Waals surface area contributed by atoms with Gasteiger partial charge < -0.3 is 9.42 Å². The van der Waals surface area contributed by atoms with Gasteiger partial charge in [-0.05, 0) is 56.9 Å². The minimum absolute atomic E-state index is 0.108. The summed E-state index contributed by atoms with van der Waals surface area (Å²) in [6, 6.07) is 7.51. The fraction of sp³-hybridized carbons (Fsp3) is 0.471. The Balaban J connectivity index is 1.75. The van der Waals surface area contributed by atoms with Crippen LogP contribution in [0.4, 0.5) is 11.4 Å². The molecule has 0 radical (unpaired) electrons. The third-order valence-electron chi connectivity index (χ3n) is 4.50. The van der Waals surface area contributed by atoms with E-state index < -0.39 is 10.0 Å². The summed E-state index contributed by atoms with van der Waals surface area (Å²) in [5.41, 5.74) is 2.02. The fourth-order valence-electron chi connectivity index (χ4n) is 3.07. The third-order valence-corrected chi connectivity index (χ3v) is 6.13. The van der Waals surface area contributed by atoms with Gasteiger partial charge in [0, 0.05) is 24.5 Å². The van der Waals surface area contributed by atoms with E-state index in [1.165, 1.54) is 12.8 Å². The smallest absolute Gasteiger partial charge is 0.267 e. The highest BCUT2D eigenvalue weighted by Crippen LogP contribution is 2.26. The van der Waals surface area contributed by atoms with Crippen molar-refractivity contribution in [2.75, 3.05) is 22.7 Å². The number of benzene rings is 1. The molecule has 0 amide bonds. The minimum atomic E-state index is -3.70. The molecule has 24 heavy (non-hydrogen) atoms. The summed E-state index contributed by atoms with van der Waals surface area (Å²) >= 11 is 0. The maximum atomic E-state index is 12.5. The molecule has 130 valence electrons. The van der Waals surface area contributed by atoms with E-state index in [2.05, 4.69) is 21.7 Å². The Morgan fingerprint density at radius 3 is 2.33 bits per heavy atom. The Morgan fingerprint density at radius 2 is 1.79 bits per heavy atom. The molecular formula is C17H23N3O3S. The number of sulfonamides is 1. The molecule has 1 saturated heterocycles. The van der Waals surface area contributed by atoms with Crippen molar-refractivity contribution in [3.05, 3.63) is 35.7 Å². The Morgan fingerprint density at radius 1 is 1.17 bits per heavy atom. The van der Waals surface area contributed by atoms with Crippen LogP contribution in [0.5, 0.6) is 0 Å². The molecular weight excluding hydrogens is 326 g/mol. The van der Waals surface area contributed by atoms with Crippen LogP contribution in [0.25, 0.3) is 0 Å². The second-order valence-electron chi connectivity index (χ2n) is 6.48. The summed E-state index contributed by atoms with van der Waals surface area (Å²) in [7, 11) is -3.70. The predicted octanol–water partition coefficient (Wildman–Crippen LogP) is 3.33. The van der Waals surface area contributed by atoms with E-state index in [-0.39, 0.29) is 4.90 Å². The van der Waals surface area contributed by atoms with E-state index in [4.69, 9.17) is 4.52 Å². The second-order valence-corrected chi connectivity index (χ2v) is 8.09. The summed E-state index contributed by atoms with van der Waals surface area (Å²) in [5, 5.41) is 3.70. The molecule has 7 heteroatoms. The number of piperidine rings is 1. The van der Waals surface area contributed by atoms with E-state index in [1.807, 2.05) is 12.1 Å². The lowest BCUT2D eigenvalue weighted by molar-refractivity contribution is 0.390. The van der Waals surface area contributed by atoms with E-state index >= 15 is 0 Å². The van der Waals surface area contributed by atoms with Crippen LogP contribution in [0.15, 0.2) is 33.7 Å². The molecule has 1 N–H and O–H groups in total.